The Labute approximate surface area is 226 Å². The second kappa shape index (κ2) is 12.5. The van der Waals surface area contributed by atoms with Gasteiger partial charge in [0.2, 0.25) is 0 Å². The first-order valence-electron chi connectivity index (χ1n) is 16.0. The average molecular weight is 499 g/mol. The van der Waals surface area contributed by atoms with E-state index in [0.29, 0.717) is 22.7 Å². The molecule has 0 heterocycles. The van der Waals surface area contributed by atoms with Gasteiger partial charge in [0.25, 0.3) is 0 Å². The number of aliphatic hydroxyl groups is 1. The van der Waals surface area contributed by atoms with E-state index in [0.717, 1.165) is 36.5 Å². The zero-order chi connectivity index (χ0) is 26.7. The first kappa shape index (κ1) is 30.0. The van der Waals surface area contributed by atoms with Crippen LogP contribution in [-0.4, -0.2) is 11.2 Å². The summed E-state index contributed by atoms with van der Waals surface area (Å²) in [5.74, 6) is 4.61. The highest BCUT2D eigenvalue weighted by Crippen LogP contribution is 2.62. The van der Waals surface area contributed by atoms with Crippen LogP contribution in [0.15, 0.2) is 23.3 Å². The van der Waals surface area contributed by atoms with Crippen molar-refractivity contribution in [2.24, 2.45) is 46.3 Å². The molecule has 1 heteroatoms. The summed E-state index contributed by atoms with van der Waals surface area (Å²) in [6, 6.07) is 0. The maximum absolute atomic E-state index is 10.6. The van der Waals surface area contributed by atoms with Gasteiger partial charge in [-0.05, 0) is 131 Å². The van der Waals surface area contributed by atoms with Crippen LogP contribution in [0, 0.1) is 46.3 Å². The average Bonchev–Trinajstić information content (AvgIpc) is 3.07. The van der Waals surface area contributed by atoms with E-state index in [4.69, 9.17) is 0 Å². The van der Waals surface area contributed by atoms with Crippen molar-refractivity contribution in [2.75, 3.05) is 0 Å². The minimum absolute atomic E-state index is 0.0744. The largest absolute Gasteiger partial charge is 0.393 e. The molecule has 8 unspecified atom stereocenters. The molecule has 3 rings (SSSR count). The minimum Gasteiger partial charge on any atom is -0.393 e. The normalized spacial score (nSPS) is 38.1. The topological polar surface area (TPSA) is 20.2 Å². The van der Waals surface area contributed by atoms with Crippen molar-refractivity contribution in [1.29, 1.82) is 0 Å². The molecule has 0 radical (unpaired) electrons. The van der Waals surface area contributed by atoms with Crippen LogP contribution in [0.4, 0.5) is 0 Å². The molecule has 8 atom stereocenters. The number of allylic oxidation sites excluding steroid dienone is 3. The predicted octanol–water partition coefficient (Wildman–Crippen LogP) is 10.5. The van der Waals surface area contributed by atoms with Gasteiger partial charge in [0.05, 0.1) is 6.10 Å². The smallest absolute Gasteiger partial charge is 0.0543 e. The van der Waals surface area contributed by atoms with Gasteiger partial charge in [0, 0.05) is 0 Å². The molecule has 3 aliphatic rings. The van der Waals surface area contributed by atoms with Gasteiger partial charge < -0.3 is 5.11 Å². The first-order valence-corrected chi connectivity index (χ1v) is 16.0. The van der Waals surface area contributed by atoms with Gasteiger partial charge in [-0.25, -0.2) is 0 Å². The number of fused-ring (bicyclic) bond motifs is 1. The number of unbranched alkanes of at least 4 members (excludes halogenated alkanes) is 2. The lowest BCUT2D eigenvalue weighted by molar-refractivity contribution is 0.0342. The summed E-state index contributed by atoms with van der Waals surface area (Å²) in [6.45, 7) is 24.0. The number of rotatable bonds is 10. The molecule has 36 heavy (non-hydrogen) atoms. The van der Waals surface area contributed by atoms with Gasteiger partial charge in [-0.3, -0.25) is 0 Å². The Kier molecular flexibility index (Phi) is 10.4. The lowest BCUT2D eigenvalue weighted by Gasteiger charge is -2.45. The number of hydrogen-bond acceptors (Lipinski definition) is 1. The van der Waals surface area contributed by atoms with Gasteiger partial charge in [-0.15, -0.1) is 0 Å². The SMILES string of the molecule is C=C(CCC(C)C1CCC(C2CCC3CC(O)CCC3(C)C(=C(C)C)C2)C1(C)CCCCC)C(C)C. The van der Waals surface area contributed by atoms with E-state index in [2.05, 4.69) is 62.0 Å². The molecule has 208 valence electrons. The highest BCUT2D eigenvalue weighted by molar-refractivity contribution is 5.24. The third kappa shape index (κ3) is 6.35. The van der Waals surface area contributed by atoms with Crippen LogP contribution in [0.3, 0.4) is 0 Å². The molecular formula is C35H62O. The number of hydrogen-bond donors (Lipinski definition) is 1. The summed E-state index contributed by atoms with van der Waals surface area (Å²) >= 11 is 0. The lowest BCUT2D eigenvalue weighted by atomic mass is 9.60. The monoisotopic (exact) mass is 498 g/mol. The second-order valence-corrected chi connectivity index (χ2v) is 14.6. The summed E-state index contributed by atoms with van der Waals surface area (Å²) in [7, 11) is 0. The standard InChI is InChI=1S/C35H62O/c1-10-11-12-20-35(9)31(27(7)14-13-26(6)24(2)3)17-18-32(35)28-15-16-29-23-30(36)19-21-34(29,8)33(22-28)25(4)5/h24,27-32,36H,6,10-23H2,1-5,7-9H3. The molecule has 0 aromatic rings. The fourth-order valence-corrected chi connectivity index (χ4v) is 9.37. The van der Waals surface area contributed by atoms with E-state index >= 15 is 0 Å². The van der Waals surface area contributed by atoms with Crippen LogP contribution in [-0.2, 0) is 0 Å². The van der Waals surface area contributed by atoms with Gasteiger partial charge in [-0.1, -0.05) is 84.1 Å². The molecule has 1 nitrogen and oxygen atoms in total. The van der Waals surface area contributed by atoms with E-state index in [-0.39, 0.29) is 6.10 Å². The highest BCUT2D eigenvalue weighted by atomic mass is 16.3. The van der Waals surface area contributed by atoms with E-state index in [1.807, 2.05) is 0 Å². The van der Waals surface area contributed by atoms with E-state index in [9.17, 15) is 5.11 Å². The molecular weight excluding hydrogens is 436 g/mol. The minimum atomic E-state index is -0.0744. The van der Waals surface area contributed by atoms with Crippen LogP contribution < -0.4 is 0 Å². The zero-order valence-corrected chi connectivity index (χ0v) is 25.6. The fraction of sp³-hybridized carbons (Fsp3) is 0.886. The van der Waals surface area contributed by atoms with Crippen molar-refractivity contribution < 1.29 is 5.11 Å². The Balaban J connectivity index is 1.85. The predicted molar refractivity (Wildman–Crippen MR) is 158 cm³/mol. The van der Waals surface area contributed by atoms with Crippen LogP contribution in [0.2, 0.25) is 0 Å². The zero-order valence-electron chi connectivity index (χ0n) is 25.6. The highest BCUT2D eigenvalue weighted by Gasteiger charge is 2.52. The first-order chi connectivity index (χ1) is 16.9. The van der Waals surface area contributed by atoms with E-state index < -0.39 is 0 Å². The van der Waals surface area contributed by atoms with Crippen LogP contribution >= 0.6 is 0 Å². The molecule has 0 bridgehead atoms. The van der Waals surface area contributed by atoms with Crippen LogP contribution in [0.5, 0.6) is 0 Å². The van der Waals surface area contributed by atoms with Crippen molar-refractivity contribution in [3.05, 3.63) is 23.3 Å². The van der Waals surface area contributed by atoms with Crippen LogP contribution in [0.25, 0.3) is 0 Å². The Morgan fingerprint density at radius 1 is 1.03 bits per heavy atom. The van der Waals surface area contributed by atoms with E-state index in [1.54, 1.807) is 11.1 Å². The Morgan fingerprint density at radius 2 is 1.75 bits per heavy atom. The Hall–Kier alpha value is -0.560. The lowest BCUT2D eigenvalue weighted by Crippen LogP contribution is -2.37. The van der Waals surface area contributed by atoms with Crippen molar-refractivity contribution in [1.82, 2.24) is 0 Å². The summed E-state index contributed by atoms with van der Waals surface area (Å²) in [5, 5.41) is 10.6. The molecule has 3 fully saturated rings. The molecule has 0 amide bonds. The third-order valence-electron chi connectivity index (χ3n) is 11.9. The molecule has 0 saturated heterocycles. The van der Waals surface area contributed by atoms with Gasteiger partial charge in [0.15, 0.2) is 0 Å². The summed E-state index contributed by atoms with van der Waals surface area (Å²) in [6.07, 6.45) is 18.1. The molecule has 0 spiro atoms. The van der Waals surface area contributed by atoms with E-state index in [1.165, 1.54) is 82.6 Å². The second-order valence-electron chi connectivity index (χ2n) is 14.6. The van der Waals surface area contributed by atoms with Gasteiger partial charge >= 0.3 is 0 Å². The molecule has 0 aliphatic heterocycles. The van der Waals surface area contributed by atoms with Crippen molar-refractivity contribution >= 4 is 0 Å². The van der Waals surface area contributed by atoms with Crippen molar-refractivity contribution in [3.8, 4) is 0 Å². The summed E-state index contributed by atoms with van der Waals surface area (Å²) in [5.41, 5.74) is 5.59. The summed E-state index contributed by atoms with van der Waals surface area (Å²) in [4.78, 5) is 0. The molecule has 0 aromatic heterocycles. The van der Waals surface area contributed by atoms with Gasteiger partial charge in [-0.2, -0.15) is 0 Å². The molecule has 3 aliphatic carbocycles. The summed E-state index contributed by atoms with van der Waals surface area (Å²) < 4.78 is 0. The molecule has 1 N–H and O–H groups in total. The molecule has 0 aromatic carbocycles. The maximum Gasteiger partial charge on any atom is 0.0543 e. The van der Waals surface area contributed by atoms with Crippen molar-refractivity contribution in [2.45, 2.75) is 151 Å². The fourth-order valence-electron chi connectivity index (χ4n) is 9.37. The maximum atomic E-state index is 10.6. The third-order valence-corrected chi connectivity index (χ3v) is 11.9. The van der Waals surface area contributed by atoms with Crippen molar-refractivity contribution in [3.63, 3.8) is 0 Å². The Bertz CT molecular complexity index is 757. The quantitative estimate of drug-likeness (QED) is 0.234. The molecule has 3 saturated carbocycles. The van der Waals surface area contributed by atoms with Gasteiger partial charge in [0.1, 0.15) is 0 Å². The number of aliphatic hydroxyl groups excluding tert-OH is 1. The Morgan fingerprint density at radius 3 is 2.39 bits per heavy atom. The van der Waals surface area contributed by atoms with Crippen LogP contribution in [0.1, 0.15) is 145 Å².